The minimum Gasteiger partial charge on any atom is -0.383 e. The van der Waals surface area contributed by atoms with Crippen LogP contribution in [0.25, 0.3) is 0 Å². The second kappa shape index (κ2) is 6.16. The van der Waals surface area contributed by atoms with Crippen LogP contribution in [0, 0.1) is 5.82 Å². The van der Waals surface area contributed by atoms with Crippen molar-refractivity contribution in [2.75, 3.05) is 19.0 Å². The Morgan fingerprint density at radius 3 is 2.53 bits per heavy atom. The molecule has 1 unspecified atom stereocenters. The average molecular weight is 281 g/mol. The van der Waals surface area contributed by atoms with Gasteiger partial charge in [-0.15, -0.1) is 0 Å². The van der Waals surface area contributed by atoms with Crippen molar-refractivity contribution >= 4 is 34.8 Å². The second-order valence-corrected chi connectivity index (χ2v) is 4.12. The summed E-state index contributed by atoms with van der Waals surface area (Å²) in [5, 5.41) is 2.11. The van der Waals surface area contributed by atoms with Gasteiger partial charge in [-0.3, -0.25) is 4.79 Å². The Hall–Kier alpha value is -0.880. The number of methoxy groups -OCH3 is 1. The molecule has 0 bridgehead atoms. The molecule has 1 rings (SSSR count). The highest BCUT2D eigenvalue weighted by Gasteiger charge is 2.15. The summed E-state index contributed by atoms with van der Waals surface area (Å²) in [6, 6.07) is 1.68. The molecule has 0 aliphatic carbocycles. The molecule has 1 aromatic carbocycles. The summed E-state index contributed by atoms with van der Waals surface area (Å²) in [4.78, 5) is 11.5. The van der Waals surface area contributed by atoms with Crippen LogP contribution in [-0.2, 0) is 9.53 Å². The highest BCUT2D eigenvalue weighted by atomic mass is 35.5. The Balaban J connectivity index is 2.79. The lowest BCUT2D eigenvalue weighted by Crippen LogP contribution is -2.39. The standard InChI is InChI=1S/C10H11Cl2FN2O2/c1-17-4-8(14)10(16)15-5-2-6(11)9(13)7(12)3-5/h2-3,8H,4,14H2,1H3,(H,15,16). The smallest absolute Gasteiger partial charge is 0.243 e. The zero-order chi connectivity index (χ0) is 13.0. The van der Waals surface area contributed by atoms with Gasteiger partial charge in [0, 0.05) is 12.8 Å². The molecule has 7 heteroatoms. The van der Waals surface area contributed by atoms with Crippen molar-refractivity contribution < 1.29 is 13.9 Å². The second-order valence-electron chi connectivity index (χ2n) is 3.30. The van der Waals surface area contributed by atoms with Gasteiger partial charge in [-0.25, -0.2) is 4.39 Å². The molecular weight excluding hydrogens is 270 g/mol. The molecule has 0 saturated heterocycles. The Bertz CT molecular complexity index is 406. The minimum atomic E-state index is -0.817. The Labute approximate surface area is 108 Å². The lowest BCUT2D eigenvalue weighted by Gasteiger charge is -2.12. The van der Waals surface area contributed by atoms with Gasteiger partial charge in [-0.1, -0.05) is 23.2 Å². The molecular formula is C10H11Cl2FN2O2. The molecule has 0 spiro atoms. The van der Waals surface area contributed by atoms with Crippen molar-refractivity contribution in [2.24, 2.45) is 5.73 Å². The molecule has 4 nitrogen and oxygen atoms in total. The monoisotopic (exact) mass is 280 g/mol. The molecule has 1 amide bonds. The van der Waals surface area contributed by atoms with Crippen molar-refractivity contribution in [3.8, 4) is 0 Å². The minimum absolute atomic E-state index is 0.0779. The molecule has 0 saturated carbocycles. The van der Waals surface area contributed by atoms with Crippen LogP contribution in [0.5, 0.6) is 0 Å². The molecule has 0 aliphatic heterocycles. The van der Waals surface area contributed by atoms with Crippen LogP contribution in [0.2, 0.25) is 10.0 Å². The summed E-state index contributed by atoms with van der Waals surface area (Å²) in [5.41, 5.74) is 5.78. The van der Waals surface area contributed by atoms with Gasteiger partial charge in [0.15, 0.2) is 5.82 Å². The number of ether oxygens (including phenoxy) is 1. The maximum atomic E-state index is 13.1. The summed E-state index contributed by atoms with van der Waals surface area (Å²) >= 11 is 11.2. The fourth-order valence-corrected chi connectivity index (χ4v) is 1.60. The van der Waals surface area contributed by atoms with Crippen LogP contribution in [-0.4, -0.2) is 25.7 Å². The van der Waals surface area contributed by atoms with E-state index in [1.54, 1.807) is 0 Å². The van der Waals surface area contributed by atoms with E-state index in [0.717, 1.165) is 0 Å². The number of nitrogens with one attached hydrogen (secondary N) is 1. The molecule has 0 fully saturated rings. The van der Waals surface area contributed by atoms with Gasteiger partial charge in [-0.05, 0) is 12.1 Å². The van der Waals surface area contributed by atoms with Crippen molar-refractivity contribution in [1.82, 2.24) is 0 Å². The maximum absolute atomic E-state index is 13.1. The SMILES string of the molecule is COCC(N)C(=O)Nc1cc(Cl)c(F)c(Cl)c1. The van der Waals surface area contributed by atoms with Gasteiger partial charge in [0.2, 0.25) is 5.91 Å². The van der Waals surface area contributed by atoms with E-state index >= 15 is 0 Å². The molecule has 0 aliphatic rings. The quantitative estimate of drug-likeness (QED) is 0.830. The summed E-state index contributed by atoms with van der Waals surface area (Å²) in [5.74, 6) is -1.20. The van der Waals surface area contributed by atoms with Gasteiger partial charge in [0.1, 0.15) is 6.04 Å². The zero-order valence-corrected chi connectivity index (χ0v) is 10.5. The third kappa shape index (κ3) is 3.81. The molecule has 3 N–H and O–H groups in total. The normalized spacial score (nSPS) is 12.3. The van der Waals surface area contributed by atoms with Gasteiger partial charge in [0.05, 0.1) is 16.7 Å². The number of anilines is 1. The first-order valence-corrected chi connectivity index (χ1v) is 5.41. The fourth-order valence-electron chi connectivity index (χ4n) is 1.12. The number of amides is 1. The Kier molecular flexibility index (Phi) is 5.14. The van der Waals surface area contributed by atoms with E-state index in [0.29, 0.717) is 0 Å². The predicted molar refractivity (Wildman–Crippen MR) is 64.9 cm³/mol. The van der Waals surface area contributed by atoms with Gasteiger partial charge in [-0.2, -0.15) is 0 Å². The van der Waals surface area contributed by atoms with Crippen LogP contribution in [0.1, 0.15) is 0 Å². The number of benzene rings is 1. The number of rotatable bonds is 4. The number of halogens is 3. The molecule has 0 aromatic heterocycles. The molecule has 0 radical (unpaired) electrons. The average Bonchev–Trinajstić information content (AvgIpc) is 2.26. The summed E-state index contributed by atoms with van der Waals surface area (Å²) in [7, 11) is 1.43. The van der Waals surface area contributed by atoms with Gasteiger partial charge < -0.3 is 15.8 Å². The number of hydrogen-bond acceptors (Lipinski definition) is 3. The molecule has 1 atom stereocenters. The number of nitrogens with two attached hydrogens (primary N) is 1. The summed E-state index contributed by atoms with van der Waals surface area (Å²) in [6.07, 6.45) is 0. The van der Waals surface area contributed by atoms with Crippen LogP contribution in [0.4, 0.5) is 10.1 Å². The third-order valence-corrected chi connectivity index (χ3v) is 2.48. The number of carbonyl (C=O) groups excluding carboxylic acids is 1. The van der Waals surface area contributed by atoms with Crippen molar-refractivity contribution in [2.45, 2.75) is 6.04 Å². The van der Waals surface area contributed by atoms with E-state index < -0.39 is 17.8 Å². The zero-order valence-electron chi connectivity index (χ0n) is 8.97. The van der Waals surface area contributed by atoms with Crippen LogP contribution in [0.15, 0.2) is 12.1 Å². The lowest BCUT2D eigenvalue weighted by molar-refractivity contribution is -0.118. The van der Waals surface area contributed by atoms with Crippen LogP contribution < -0.4 is 11.1 Å². The van der Waals surface area contributed by atoms with Crippen molar-refractivity contribution in [3.63, 3.8) is 0 Å². The fraction of sp³-hybridized carbons (Fsp3) is 0.300. The third-order valence-electron chi connectivity index (χ3n) is 1.93. The maximum Gasteiger partial charge on any atom is 0.243 e. The molecule has 17 heavy (non-hydrogen) atoms. The first-order chi connectivity index (χ1) is 7.95. The number of hydrogen-bond donors (Lipinski definition) is 2. The van der Waals surface area contributed by atoms with E-state index in [1.165, 1.54) is 19.2 Å². The predicted octanol–water partition coefficient (Wildman–Crippen LogP) is 2.04. The van der Waals surface area contributed by atoms with Crippen LogP contribution in [0.3, 0.4) is 0 Å². The Morgan fingerprint density at radius 1 is 1.53 bits per heavy atom. The van der Waals surface area contributed by atoms with Crippen molar-refractivity contribution in [1.29, 1.82) is 0 Å². The van der Waals surface area contributed by atoms with E-state index in [-0.39, 0.29) is 22.3 Å². The summed E-state index contributed by atoms with van der Waals surface area (Å²) in [6.45, 7) is 0.0779. The summed E-state index contributed by atoms with van der Waals surface area (Å²) < 4.78 is 17.8. The van der Waals surface area contributed by atoms with Crippen LogP contribution >= 0.6 is 23.2 Å². The molecule has 0 heterocycles. The van der Waals surface area contributed by atoms with E-state index in [9.17, 15) is 9.18 Å². The van der Waals surface area contributed by atoms with E-state index in [2.05, 4.69) is 5.32 Å². The van der Waals surface area contributed by atoms with Gasteiger partial charge in [0.25, 0.3) is 0 Å². The highest BCUT2D eigenvalue weighted by Crippen LogP contribution is 2.27. The van der Waals surface area contributed by atoms with Crippen molar-refractivity contribution in [3.05, 3.63) is 28.0 Å². The Morgan fingerprint density at radius 2 is 2.06 bits per heavy atom. The highest BCUT2D eigenvalue weighted by molar-refractivity contribution is 6.35. The topological polar surface area (TPSA) is 64.3 Å². The van der Waals surface area contributed by atoms with Gasteiger partial charge >= 0.3 is 0 Å². The first-order valence-electron chi connectivity index (χ1n) is 4.65. The largest absolute Gasteiger partial charge is 0.383 e. The first kappa shape index (κ1) is 14.2. The number of carbonyl (C=O) groups is 1. The molecule has 1 aromatic rings. The molecule has 94 valence electrons. The van der Waals surface area contributed by atoms with E-state index in [4.69, 9.17) is 33.7 Å². The van der Waals surface area contributed by atoms with E-state index in [1.807, 2.05) is 0 Å². The lowest BCUT2D eigenvalue weighted by atomic mass is 10.2.